The Morgan fingerprint density at radius 3 is 2.47 bits per heavy atom. The van der Waals surface area contributed by atoms with Gasteiger partial charge in [0.1, 0.15) is 10.6 Å². The topological polar surface area (TPSA) is 56.3 Å². The molecule has 0 unspecified atom stereocenters. The van der Waals surface area contributed by atoms with Gasteiger partial charge < -0.3 is 4.74 Å². The molecule has 0 saturated heterocycles. The van der Waals surface area contributed by atoms with Crippen LogP contribution >= 0.6 is 38.2 Å². The van der Waals surface area contributed by atoms with Crippen molar-refractivity contribution in [3.8, 4) is 11.6 Å². The molecule has 0 fully saturated rings. The number of aromatic nitrogens is 1. The number of rotatable bonds is 3. The third-order valence-electron chi connectivity index (χ3n) is 2.10. The molecule has 0 saturated carbocycles. The molecule has 0 radical (unpaired) electrons. The Morgan fingerprint density at radius 2 is 1.95 bits per heavy atom. The quantitative estimate of drug-likeness (QED) is 0.745. The van der Waals surface area contributed by atoms with Crippen molar-refractivity contribution in [1.29, 1.82) is 0 Å². The van der Waals surface area contributed by atoms with E-state index in [1.165, 1.54) is 12.1 Å². The summed E-state index contributed by atoms with van der Waals surface area (Å²) in [5.41, 5.74) is 0. The Balaban J connectivity index is 2.25. The van der Waals surface area contributed by atoms with Gasteiger partial charge in [0.05, 0.1) is 10.7 Å². The molecule has 0 aliphatic rings. The fraction of sp³-hybridized carbons (Fsp3) is 0. The van der Waals surface area contributed by atoms with Crippen molar-refractivity contribution in [3.05, 3.63) is 46.0 Å². The molecule has 2 aromatic rings. The van der Waals surface area contributed by atoms with Crippen molar-refractivity contribution < 1.29 is 13.2 Å². The molecule has 4 nitrogen and oxygen atoms in total. The molecule has 0 N–H and O–H groups in total. The molecule has 8 heteroatoms. The standard InChI is InChI=1S/C11H6BrCl2NO3S/c12-9-5-7(13)1-3-10(9)18-11-4-2-8(6-15-11)19(14,16)17/h1-6H. The number of hydrogen-bond donors (Lipinski definition) is 0. The van der Waals surface area contributed by atoms with Crippen LogP contribution in [0.4, 0.5) is 0 Å². The van der Waals surface area contributed by atoms with Gasteiger partial charge in [-0.25, -0.2) is 13.4 Å². The van der Waals surface area contributed by atoms with E-state index in [1.54, 1.807) is 18.2 Å². The van der Waals surface area contributed by atoms with Crippen molar-refractivity contribution in [3.63, 3.8) is 0 Å². The molecule has 0 atom stereocenters. The minimum Gasteiger partial charge on any atom is -0.438 e. The van der Waals surface area contributed by atoms with Gasteiger partial charge in [-0.2, -0.15) is 0 Å². The Hall–Kier alpha value is -0.820. The molecular weight excluding hydrogens is 377 g/mol. The highest BCUT2D eigenvalue weighted by Crippen LogP contribution is 2.31. The van der Waals surface area contributed by atoms with Gasteiger partial charge in [0, 0.05) is 21.8 Å². The fourth-order valence-electron chi connectivity index (χ4n) is 1.24. The first kappa shape index (κ1) is 14.6. The molecule has 19 heavy (non-hydrogen) atoms. The first-order valence-electron chi connectivity index (χ1n) is 4.90. The van der Waals surface area contributed by atoms with Crippen LogP contribution in [0.3, 0.4) is 0 Å². The Kier molecular flexibility index (Phi) is 4.35. The predicted octanol–water partition coefficient (Wildman–Crippen LogP) is 4.22. The lowest BCUT2D eigenvalue weighted by Gasteiger charge is -2.07. The van der Waals surface area contributed by atoms with Crippen molar-refractivity contribution >= 4 is 47.3 Å². The van der Waals surface area contributed by atoms with Gasteiger partial charge in [0.2, 0.25) is 5.88 Å². The molecule has 1 aromatic carbocycles. The molecule has 0 aliphatic carbocycles. The highest BCUT2D eigenvalue weighted by atomic mass is 79.9. The van der Waals surface area contributed by atoms with E-state index in [2.05, 4.69) is 20.9 Å². The number of hydrogen-bond acceptors (Lipinski definition) is 4. The van der Waals surface area contributed by atoms with E-state index in [0.29, 0.717) is 15.2 Å². The average molecular weight is 383 g/mol. The van der Waals surface area contributed by atoms with Crippen LogP contribution in [0.1, 0.15) is 0 Å². The van der Waals surface area contributed by atoms with Crippen LogP contribution in [0.5, 0.6) is 11.6 Å². The van der Waals surface area contributed by atoms with E-state index in [-0.39, 0.29) is 10.8 Å². The predicted molar refractivity (Wildman–Crippen MR) is 76.5 cm³/mol. The summed E-state index contributed by atoms with van der Waals surface area (Å²) in [5.74, 6) is 0.755. The van der Waals surface area contributed by atoms with E-state index >= 15 is 0 Å². The Morgan fingerprint density at radius 1 is 1.21 bits per heavy atom. The minimum atomic E-state index is -3.78. The second-order valence-corrected chi connectivity index (χ2v) is 7.30. The lowest BCUT2D eigenvalue weighted by molar-refractivity contribution is 0.459. The summed E-state index contributed by atoms with van der Waals surface area (Å²) in [5, 5.41) is 0.566. The average Bonchev–Trinajstić information content (AvgIpc) is 2.32. The summed E-state index contributed by atoms with van der Waals surface area (Å²) >= 11 is 9.10. The summed E-state index contributed by atoms with van der Waals surface area (Å²) in [7, 11) is 1.40. The second kappa shape index (κ2) is 5.66. The molecule has 100 valence electrons. The zero-order valence-corrected chi connectivity index (χ0v) is 13.1. The summed E-state index contributed by atoms with van der Waals surface area (Å²) in [6.45, 7) is 0. The molecule has 0 spiro atoms. The van der Waals surface area contributed by atoms with Crippen LogP contribution < -0.4 is 4.74 Å². The van der Waals surface area contributed by atoms with Crippen LogP contribution in [0.2, 0.25) is 5.02 Å². The van der Waals surface area contributed by atoms with Crippen molar-refractivity contribution in [1.82, 2.24) is 4.98 Å². The summed E-state index contributed by atoms with van der Waals surface area (Å²) < 4.78 is 28.3. The molecule has 1 aromatic heterocycles. The molecule has 0 amide bonds. The zero-order valence-electron chi connectivity index (χ0n) is 9.18. The zero-order chi connectivity index (χ0) is 14.0. The van der Waals surface area contributed by atoms with Crippen molar-refractivity contribution in [2.45, 2.75) is 4.90 Å². The Bertz CT molecular complexity index is 704. The normalized spacial score (nSPS) is 11.3. The van der Waals surface area contributed by atoms with Crippen LogP contribution in [0.15, 0.2) is 45.9 Å². The largest absolute Gasteiger partial charge is 0.438 e. The van der Waals surface area contributed by atoms with Gasteiger partial charge in [-0.05, 0) is 40.2 Å². The van der Waals surface area contributed by atoms with Gasteiger partial charge in [0.25, 0.3) is 9.05 Å². The van der Waals surface area contributed by atoms with Gasteiger partial charge >= 0.3 is 0 Å². The van der Waals surface area contributed by atoms with E-state index < -0.39 is 9.05 Å². The number of ether oxygens (including phenoxy) is 1. The van der Waals surface area contributed by atoms with Crippen LogP contribution in [-0.4, -0.2) is 13.4 Å². The van der Waals surface area contributed by atoms with E-state index in [0.717, 1.165) is 6.20 Å². The first-order valence-corrected chi connectivity index (χ1v) is 8.38. The lowest BCUT2D eigenvalue weighted by Crippen LogP contribution is -1.93. The summed E-state index contributed by atoms with van der Waals surface area (Å²) in [6, 6.07) is 7.73. The van der Waals surface area contributed by atoms with Gasteiger partial charge in [0.15, 0.2) is 0 Å². The number of halogens is 3. The van der Waals surface area contributed by atoms with Crippen LogP contribution in [0, 0.1) is 0 Å². The lowest BCUT2D eigenvalue weighted by atomic mass is 10.3. The summed E-state index contributed by atoms with van der Waals surface area (Å²) in [6.07, 6.45) is 1.13. The SMILES string of the molecule is O=S(=O)(Cl)c1ccc(Oc2ccc(Cl)cc2Br)nc1. The van der Waals surface area contributed by atoms with E-state index in [1.807, 2.05) is 0 Å². The molecule has 2 rings (SSSR count). The second-order valence-electron chi connectivity index (χ2n) is 3.45. The van der Waals surface area contributed by atoms with Gasteiger partial charge in [-0.3, -0.25) is 0 Å². The maximum atomic E-state index is 11.1. The van der Waals surface area contributed by atoms with Crippen LogP contribution in [-0.2, 0) is 9.05 Å². The Labute approximate surface area is 127 Å². The monoisotopic (exact) mass is 381 g/mol. The molecular formula is C11H6BrCl2NO3S. The maximum Gasteiger partial charge on any atom is 0.262 e. The highest BCUT2D eigenvalue weighted by molar-refractivity contribution is 9.10. The minimum absolute atomic E-state index is 0.0864. The number of pyridine rings is 1. The van der Waals surface area contributed by atoms with E-state index in [9.17, 15) is 8.42 Å². The molecule has 0 aliphatic heterocycles. The summed E-state index contributed by atoms with van der Waals surface area (Å²) in [4.78, 5) is 3.78. The van der Waals surface area contributed by atoms with Crippen LogP contribution in [0.25, 0.3) is 0 Å². The number of nitrogens with zero attached hydrogens (tertiary/aromatic N) is 1. The smallest absolute Gasteiger partial charge is 0.262 e. The third-order valence-corrected chi connectivity index (χ3v) is 4.29. The van der Waals surface area contributed by atoms with Gasteiger partial charge in [-0.15, -0.1) is 0 Å². The number of benzene rings is 1. The first-order chi connectivity index (χ1) is 8.86. The third kappa shape index (κ3) is 3.82. The molecule has 0 bridgehead atoms. The van der Waals surface area contributed by atoms with Crippen molar-refractivity contribution in [2.75, 3.05) is 0 Å². The fourth-order valence-corrected chi connectivity index (χ4v) is 2.69. The maximum absolute atomic E-state index is 11.1. The molecule has 1 heterocycles. The van der Waals surface area contributed by atoms with E-state index in [4.69, 9.17) is 27.0 Å². The van der Waals surface area contributed by atoms with Gasteiger partial charge in [-0.1, -0.05) is 11.6 Å². The highest BCUT2D eigenvalue weighted by Gasteiger charge is 2.11. The van der Waals surface area contributed by atoms with Crippen molar-refractivity contribution in [2.24, 2.45) is 0 Å².